The van der Waals surface area contributed by atoms with Crippen LogP contribution in [0.3, 0.4) is 0 Å². The monoisotopic (exact) mass is 348 g/mol. The number of nitrogens with zero attached hydrogens (tertiary/aromatic N) is 3. The first-order valence-electron chi connectivity index (χ1n) is 8.06. The molecule has 1 amide bonds. The van der Waals surface area contributed by atoms with Crippen molar-refractivity contribution < 1.29 is 9.53 Å². The summed E-state index contributed by atoms with van der Waals surface area (Å²) in [4.78, 5) is 14.5. The van der Waals surface area contributed by atoms with Crippen LogP contribution in [-0.2, 0) is 11.3 Å². The van der Waals surface area contributed by atoms with Crippen LogP contribution in [0.15, 0.2) is 36.7 Å². The lowest BCUT2D eigenvalue weighted by Crippen LogP contribution is -2.41. The van der Waals surface area contributed by atoms with Crippen LogP contribution in [0.5, 0.6) is 0 Å². The number of hydrogen-bond donors (Lipinski definition) is 1. The fourth-order valence-corrected chi connectivity index (χ4v) is 2.78. The van der Waals surface area contributed by atoms with Crippen molar-refractivity contribution in [3.63, 3.8) is 0 Å². The maximum atomic E-state index is 12.2. The predicted octanol–water partition coefficient (Wildman–Crippen LogP) is 1.65. The second-order valence-corrected chi connectivity index (χ2v) is 6.20. The van der Waals surface area contributed by atoms with E-state index >= 15 is 0 Å². The molecule has 1 aromatic heterocycles. The number of carbonyl (C=O) groups is 1. The van der Waals surface area contributed by atoms with Crippen molar-refractivity contribution in [2.75, 3.05) is 39.4 Å². The first-order chi connectivity index (χ1) is 11.7. The summed E-state index contributed by atoms with van der Waals surface area (Å²) in [6.07, 6.45) is 3.38. The lowest BCUT2D eigenvalue weighted by atomic mass is 10.1. The largest absolute Gasteiger partial charge is 0.379 e. The normalized spacial score (nSPS) is 15.4. The van der Waals surface area contributed by atoms with E-state index in [1.54, 1.807) is 17.1 Å². The van der Waals surface area contributed by atoms with Crippen LogP contribution in [0.2, 0.25) is 5.02 Å². The van der Waals surface area contributed by atoms with E-state index in [1.807, 2.05) is 24.3 Å². The third-order valence-corrected chi connectivity index (χ3v) is 4.17. The van der Waals surface area contributed by atoms with Crippen LogP contribution >= 0.6 is 11.6 Å². The number of morpholine rings is 1. The second-order valence-electron chi connectivity index (χ2n) is 5.76. The highest BCUT2D eigenvalue weighted by molar-refractivity contribution is 6.30. The van der Waals surface area contributed by atoms with E-state index in [0.717, 1.165) is 38.4 Å². The molecule has 1 saturated heterocycles. The van der Waals surface area contributed by atoms with Crippen LogP contribution in [0, 0.1) is 0 Å². The fraction of sp³-hybridized carbons (Fsp3) is 0.412. The number of carbonyl (C=O) groups excluding carboxylic acids is 1. The number of ether oxygens (including phenoxy) is 1. The van der Waals surface area contributed by atoms with Gasteiger partial charge in [-0.1, -0.05) is 23.7 Å². The molecule has 24 heavy (non-hydrogen) atoms. The minimum absolute atomic E-state index is 0.0445. The number of benzene rings is 1. The zero-order valence-electron chi connectivity index (χ0n) is 13.4. The molecule has 1 aliphatic heterocycles. The molecule has 0 bridgehead atoms. The smallest absolute Gasteiger partial charge is 0.251 e. The molecule has 0 atom stereocenters. The van der Waals surface area contributed by atoms with Gasteiger partial charge >= 0.3 is 0 Å². The van der Waals surface area contributed by atoms with Gasteiger partial charge in [0.25, 0.3) is 5.91 Å². The summed E-state index contributed by atoms with van der Waals surface area (Å²) in [5, 5.41) is 7.72. The molecule has 2 aromatic rings. The van der Waals surface area contributed by atoms with Crippen LogP contribution in [0.25, 0.3) is 0 Å². The SMILES string of the molecule is O=C(NCCN1CCOCC1)c1ccc(Cn2cc(Cl)cn2)cc1. The molecule has 128 valence electrons. The van der Waals surface area contributed by atoms with Crippen LogP contribution < -0.4 is 5.32 Å². The van der Waals surface area contributed by atoms with E-state index in [9.17, 15) is 4.79 Å². The summed E-state index contributed by atoms with van der Waals surface area (Å²) in [6, 6.07) is 7.55. The lowest BCUT2D eigenvalue weighted by Gasteiger charge is -2.26. The van der Waals surface area contributed by atoms with E-state index in [2.05, 4.69) is 15.3 Å². The van der Waals surface area contributed by atoms with Gasteiger partial charge in [0, 0.05) is 37.9 Å². The van der Waals surface area contributed by atoms with Gasteiger partial charge in [0.1, 0.15) is 0 Å². The van der Waals surface area contributed by atoms with E-state index in [0.29, 0.717) is 23.7 Å². The standard InChI is InChI=1S/C17H21ClN4O2/c18-16-11-20-22(13-16)12-14-1-3-15(4-2-14)17(23)19-5-6-21-7-9-24-10-8-21/h1-4,11,13H,5-10,12H2,(H,19,23). The Morgan fingerprint density at radius 2 is 2.00 bits per heavy atom. The van der Waals surface area contributed by atoms with E-state index in [4.69, 9.17) is 16.3 Å². The summed E-state index contributed by atoms with van der Waals surface area (Å²) < 4.78 is 7.07. The third kappa shape index (κ3) is 4.80. The van der Waals surface area contributed by atoms with Crippen LogP contribution in [0.1, 0.15) is 15.9 Å². The molecule has 7 heteroatoms. The molecule has 0 spiro atoms. The summed E-state index contributed by atoms with van der Waals surface area (Å²) in [6.45, 7) is 5.54. The van der Waals surface area contributed by atoms with Crippen LogP contribution in [-0.4, -0.2) is 60.0 Å². The Hall–Kier alpha value is -1.89. The minimum Gasteiger partial charge on any atom is -0.379 e. The Bertz CT molecular complexity index is 665. The average Bonchev–Trinajstić information content (AvgIpc) is 3.01. The number of amides is 1. The Morgan fingerprint density at radius 3 is 2.67 bits per heavy atom. The maximum Gasteiger partial charge on any atom is 0.251 e. The number of nitrogens with one attached hydrogen (secondary N) is 1. The molecule has 0 saturated carbocycles. The molecule has 3 rings (SSSR count). The molecule has 0 radical (unpaired) electrons. The molecule has 1 aliphatic rings. The van der Waals surface area contributed by atoms with Crippen LogP contribution in [0.4, 0.5) is 0 Å². The maximum absolute atomic E-state index is 12.2. The van der Waals surface area contributed by atoms with Gasteiger partial charge in [-0.05, 0) is 17.7 Å². The predicted molar refractivity (Wildman–Crippen MR) is 92.4 cm³/mol. The molecular weight excluding hydrogens is 328 g/mol. The molecule has 0 unspecified atom stereocenters. The third-order valence-electron chi connectivity index (χ3n) is 3.98. The quantitative estimate of drug-likeness (QED) is 0.862. The summed E-state index contributed by atoms with van der Waals surface area (Å²) in [7, 11) is 0. The van der Waals surface area contributed by atoms with E-state index in [1.165, 1.54) is 0 Å². The molecule has 6 nitrogen and oxygen atoms in total. The van der Waals surface area contributed by atoms with Gasteiger partial charge in [0.15, 0.2) is 0 Å². The van der Waals surface area contributed by atoms with Gasteiger partial charge in [-0.15, -0.1) is 0 Å². The topological polar surface area (TPSA) is 59.4 Å². The Kier molecular flexibility index (Phi) is 5.85. The number of rotatable bonds is 6. The highest BCUT2D eigenvalue weighted by Gasteiger charge is 2.11. The van der Waals surface area contributed by atoms with E-state index in [-0.39, 0.29) is 5.91 Å². The zero-order chi connectivity index (χ0) is 16.8. The Morgan fingerprint density at radius 1 is 1.25 bits per heavy atom. The van der Waals surface area contributed by atoms with Gasteiger partial charge in [0.2, 0.25) is 0 Å². The lowest BCUT2D eigenvalue weighted by molar-refractivity contribution is 0.0383. The molecule has 0 aliphatic carbocycles. The Balaban J connectivity index is 1.46. The number of halogens is 1. The van der Waals surface area contributed by atoms with Gasteiger partial charge < -0.3 is 10.1 Å². The highest BCUT2D eigenvalue weighted by atomic mass is 35.5. The van der Waals surface area contributed by atoms with Gasteiger partial charge in [0.05, 0.1) is 31.0 Å². The average molecular weight is 349 g/mol. The van der Waals surface area contributed by atoms with Crippen molar-refractivity contribution in [1.82, 2.24) is 20.0 Å². The summed E-state index contributed by atoms with van der Waals surface area (Å²) in [5.41, 5.74) is 1.74. The van der Waals surface area contributed by atoms with Crippen molar-refractivity contribution in [3.8, 4) is 0 Å². The molecule has 1 aromatic carbocycles. The molecule has 2 heterocycles. The van der Waals surface area contributed by atoms with Crippen molar-refractivity contribution in [2.24, 2.45) is 0 Å². The van der Waals surface area contributed by atoms with E-state index < -0.39 is 0 Å². The fourth-order valence-electron chi connectivity index (χ4n) is 2.63. The zero-order valence-corrected chi connectivity index (χ0v) is 14.2. The first kappa shape index (κ1) is 17.0. The van der Waals surface area contributed by atoms with Crippen molar-refractivity contribution in [3.05, 3.63) is 52.8 Å². The van der Waals surface area contributed by atoms with Crippen molar-refractivity contribution in [2.45, 2.75) is 6.54 Å². The Labute approximate surface area is 146 Å². The molecule has 1 fully saturated rings. The van der Waals surface area contributed by atoms with Gasteiger partial charge in [-0.2, -0.15) is 5.10 Å². The number of hydrogen-bond acceptors (Lipinski definition) is 4. The second kappa shape index (κ2) is 8.28. The number of aromatic nitrogens is 2. The summed E-state index contributed by atoms with van der Waals surface area (Å²) in [5.74, 6) is -0.0445. The molecule has 1 N–H and O–H groups in total. The van der Waals surface area contributed by atoms with Gasteiger partial charge in [-0.25, -0.2) is 0 Å². The minimum atomic E-state index is -0.0445. The van der Waals surface area contributed by atoms with Crippen molar-refractivity contribution >= 4 is 17.5 Å². The highest BCUT2D eigenvalue weighted by Crippen LogP contribution is 2.09. The first-order valence-corrected chi connectivity index (χ1v) is 8.44. The molecular formula is C17H21ClN4O2. The van der Waals surface area contributed by atoms with Crippen molar-refractivity contribution in [1.29, 1.82) is 0 Å². The van der Waals surface area contributed by atoms with Gasteiger partial charge in [-0.3, -0.25) is 14.4 Å². The summed E-state index contributed by atoms with van der Waals surface area (Å²) >= 11 is 5.85.